The van der Waals surface area contributed by atoms with E-state index in [0.717, 1.165) is 0 Å². The molecule has 2 aliphatic rings. The van der Waals surface area contributed by atoms with Crippen LogP contribution in [-0.4, -0.2) is 84.8 Å². The van der Waals surface area contributed by atoms with Crippen molar-refractivity contribution in [2.45, 2.75) is 30.7 Å². The molecule has 0 amide bonds. The fourth-order valence-electron chi connectivity index (χ4n) is 3.01. The first-order chi connectivity index (χ1) is 13.8. The van der Waals surface area contributed by atoms with E-state index in [1.165, 1.54) is 41.0 Å². The zero-order chi connectivity index (χ0) is 22.7. The highest BCUT2D eigenvalue weighted by Crippen LogP contribution is 2.37. The van der Waals surface area contributed by atoms with Crippen LogP contribution >= 0.6 is 0 Å². The minimum absolute atomic E-state index is 0.0473. The second-order valence-corrected chi connectivity index (χ2v) is 9.05. The van der Waals surface area contributed by atoms with Gasteiger partial charge in [0.25, 0.3) is 16.1 Å². The molecular weight excluding hydrogens is 438 g/mol. The van der Waals surface area contributed by atoms with Gasteiger partial charge in [-0.1, -0.05) is 0 Å². The average Bonchev–Trinajstić information content (AvgIpc) is 3.24. The Kier molecular flexibility index (Phi) is 7.27. The number of carboxylic acid groups (broad SMARTS) is 1. The molecule has 2 saturated heterocycles. The average molecular weight is 459 g/mol. The molecule has 3 heterocycles. The van der Waals surface area contributed by atoms with Crippen LogP contribution in [0.25, 0.3) is 0 Å². The minimum Gasteiger partial charge on any atom is -0.475 e. The summed E-state index contributed by atoms with van der Waals surface area (Å²) in [6.07, 6.45) is -2.83. The van der Waals surface area contributed by atoms with E-state index in [4.69, 9.17) is 19.4 Å². The van der Waals surface area contributed by atoms with Gasteiger partial charge in [0, 0.05) is 39.8 Å². The SMILES string of the molecule is CN(C)S(=O)(=O)N1CC[C@]2(C[C@@H](Oc3ncccc3F)CO2)C1.O=C(O)C(F)(F)F. The van der Waals surface area contributed by atoms with Gasteiger partial charge >= 0.3 is 12.1 Å². The molecule has 1 N–H and O–H groups in total. The van der Waals surface area contributed by atoms with Crippen LogP contribution in [0.3, 0.4) is 0 Å². The number of aromatic nitrogens is 1. The minimum atomic E-state index is -5.08. The largest absolute Gasteiger partial charge is 0.490 e. The monoisotopic (exact) mass is 459 g/mol. The fraction of sp³-hybridized carbons (Fsp3) is 0.625. The van der Waals surface area contributed by atoms with Gasteiger partial charge in [-0.05, 0) is 18.6 Å². The van der Waals surface area contributed by atoms with Crippen LogP contribution in [0.4, 0.5) is 17.6 Å². The molecule has 0 unspecified atom stereocenters. The number of halogens is 4. The number of pyridine rings is 1. The third kappa shape index (κ3) is 5.77. The number of rotatable bonds is 4. The zero-order valence-electron chi connectivity index (χ0n) is 16.1. The molecular formula is C16H21F4N3O6S. The molecule has 1 aromatic rings. The third-order valence-electron chi connectivity index (χ3n) is 4.49. The number of nitrogens with zero attached hydrogens (tertiary/aromatic N) is 3. The highest BCUT2D eigenvalue weighted by Gasteiger charge is 2.49. The molecule has 1 spiro atoms. The van der Waals surface area contributed by atoms with Crippen molar-refractivity contribution in [3.8, 4) is 5.88 Å². The van der Waals surface area contributed by atoms with Crippen molar-refractivity contribution in [2.24, 2.45) is 0 Å². The Morgan fingerprint density at radius 1 is 1.43 bits per heavy atom. The van der Waals surface area contributed by atoms with E-state index in [9.17, 15) is 26.0 Å². The van der Waals surface area contributed by atoms with Crippen molar-refractivity contribution >= 4 is 16.2 Å². The van der Waals surface area contributed by atoms with E-state index in [1.807, 2.05) is 0 Å². The first-order valence-corrected chi connectivity index (χ1v) is 10.1. The first-order valence-electron chi connectivity index (χ1n) is 8.66. The summed E-state index contributed by atoms with van der Waals surface area (Å²) in [6.45, 7) is 0.995. The van der Waals surface area contributed by atoms with Gasteiger partial charge in [-0.25, -0.2) is 14.2 Å². The normalized spacial score (nSPS) is 24.7. The molecule has 1 aromatic heterocycles. The lowest BCUT2D eigenvalue weighted by atomic mass is 9.98. The predicted octanol–water partition coefficient (Wildman–Crippen LogP) is 1.27. The van der Waals surface area contributed by atoms with Gasteiger partial charge in [-0.3, -0.25) is 0 Å². The highest BCUT2D eigenvalue weighted by molar-refractivity contribution is 7.86. The lowest BCUT2D eigenvalue weighted by Crippen LogP contribution is -2.41. The van der Waals surface area contributed by atoms with Gasteiger partial charge in [0.1, 0.15) is 6.10 Å². The van der Waals surface area contributed by atoms with E-state index >= 15 is 0 Å². The molecule has 0 saturated carbocycles. The van der Waals surface area contributed by atoms with Gasteiger partial charge in [-0.2, -0.15) is 30.2 Å². The van der Waals surface area contributed by atoms with Crippen molar-refractivity contribution in [3.05, 3.63) is 24.1 Å². The van der Waals surface area contributed by atoms with Crippen molar-refractivity contribution in [1.82, 2.24) is 13.6 Å². The molecule has 9 nitrogen and oxygen atoms in total. The number of alkyl halides is 3. The molecule has 0 aromatic carbocycles. The summed E-state index contributed by atoms with van der Waals surface area (Å²) in [5, 5.41) is 7.12. The van der Waals surface area contributed by atoms with Crippen molar-refractivity contribution in [2.75, 3.05) is 33.8 Å². The first kappa shape index (κ1) is 24.2. The molecule has 170 valence electrons. The number of hydrogen-bond acceptors (Lipinski definition) is 6. The topological polar surface area (TPSA) is 109 Å². The lowest BCUT2D eigenvalue weighted by Gasteiger charge is -2.24. The summed E-state index contributed by atoms with van der Waals surface area (Å²) >= 11 is 0. The molecule has 3 rings (SSSR count). The lowest BCUT2D eigenvalue weighted by molar-refractivity contribution is -0.192. The Bertz CT molecular complexity index is 867. The number of aliphatic carboxylic acids is 1. The smallest absolute Gasteiger partial charge is 0.475 e. The van der Waals surface area contributed by atoms with E-state index in [2.05, 4.69) is 4.98 Å². The Morgan fingerprint density at radius 3 is 2.60 bits per heavy atom. The zero-order valence-corrected chi connectivity index (χ0v) is 16.9. The van der Waals surface area contributed by atoms with Gasteiger partial charge in [0.05, 0.1) is 12.2 Å². The second-order valence-electron chi connectivity index (χ2n) is 6.91. The van der Waals surface area contributed by atoms with Crippen molar-refractivity contribution in [3.63, 3.8) is 0 Å². The van der Waals surface area contributed by atoms with Crippen LogP contribution in [0.1, 0.15) is 12.8 Å². The molecule has 0 radical (unpaired) electrons. The maximum atomic E-state index is 13.6. The summed E-state index contributed by atoms with van der Waals surface area (Å²) in [5.74, 6) is -3.32. The summed E-state index contributed by atoms with van der Waals surface area (Å²) in [4.78, 5) is 12.8. The van der Waals surface area contributed by atoms with Crippen LogP contribution in [0, 0.1) is 5.82 Å². The molecule has 0 bridgehead atoms. The highest BCUT2D eigenvalue weighted by atomic mass is 32.2. The van der Waals surface area contributed by atoms with Gasteiger partial charge < -0.3 is 14.6 Å². The number of carbonyl (C=O) groups is 1. The Balaban J connectivity index is 0.000000396. The maximum Gasteiger partial charge on any atom is 0.490 e. The number of ether oxygens (including phenoxy) is 2. The van der Waals surface area contributed by atoms with Gasteiger partial charge in [0.15, 0.2) is 5.82 Å². The molecule has 2 atom stereocenters. The molecule has 2 fully saturated rings. The summed E-state index contributed by atoms with van der Waals surface area (Å²) in [6, 6.07) is 2.78. The summed E-state index contributed by atoms with van der Waals surface area (Å²) < 4.78 is 83.7. The standard InChI is InChI=1S/C14H20FN3O4S.C2HF3O2/c1-17(2)23(19,20)18-7-5-14(10-18)8-11(9-21-14)22-13-12(15)4-3-6-16-13;3-2(4,5)1(6)7/h3-4,6,11H,5,7-10H2,1-2H3;(H,6,7)/t11-,14+;/m1./s1. The van der Waals surface area contributed by atoms with Crippen molar-refractivity contribution in [1.29, 1.82) is 0 Å². The Hall–Kier alpha value is -2.03. The summed E-state index contributed by atoms with van der Waals surface area (Å²) in [7, 11) is -0.439. The van der Waals surface area contributed by atoms with Crippen LogP contribution in [0.15, 0.2) is 18.3 Å². The van der Waals surface area contributed by atoms with Crippen LogP contribution in [0.2, 0.25) is 0 Å². The second kappa shape index (κ2) is 8.99. The van der Waals surface area contributed by atoms with E-state index in [-0.39, 0.29) is 18.5 Å². The molecule has 2 aliphatic heterocycles. The molecule has 14 heteroatoms. The van der Waals surface area contributed by atoms with Crippen molar-refractivity contribution < 1.29 is 45.4 Å². The number of carboxylic acids is 1. The molecule has 0 aliphatic carbocycles. The van der Waals surface area contributed by atoms with Gasteiger partial charge in [-0.15, -0.1) is 0 Å². The van der Waals surface area contributed by atoms with Crippen LogP contribution in [-0.2, 0) is 19.7 Å². The third-order valence-corrected chi connectivity index (χ3v) is 6.38. The van der Waals surface area contributed by atoms with Gasteiger partial charge in [0.2, 0.25) is 0 Å². The Morgan fingerprint density at radius 2 is 2.07 bits per heavy atom. The fourth-order valence-corrected chi connectivity index (χ4v) is 4.20. The maximum absolute atomic E-state index is 13.6. The number of hydrogen-bond donors (Lipinski definition) is 1. The van der Waals surface area contributed by atoms with E-state index < -0.39 is 33.8 Å². The van der Waals surface area contributed by atoms with E-state index in [0.29, 0.717) is 26.0 Å². The Labute approximate surface area is 170 Å². The molecule has 30 heavy (non-hydrogen) atoms. The summed E-state index contributed by atoms with van der Waals surface area (Å²) in [5.41, 5.74) is -0.557. The van der Waals surface area contributed by atoms with Crippen LogP contribution < -0.4 is 4.74 Å². The predicted molar refractivity (Wildman–Crippen MR) is 94.4 cm³/mol. The quantitative estimate of drug-likeness (QED) is 0.676. The van der Waals surface area contributed by atoms with E-state index in [1.54, 1.807) is 0 Å². The van der Waals surface area contributed by atoms with Crippen LogP contribution in [0.5, 0.6) is 5.88 Å².